The van der Waals surface area contributed by atoms with Crippen molar-refractivity contribution in [1.82, 2.24) is 0 Å². The molecule has 2 N–H and O–H groups in total. The van der Waals surface area contributed by atoms with Gasteiger partial charge in [-0.25, -0.2) is 0 Å². The van der Waals surface area contributed by atoms with Crippen LogP contribution < -0.4 is 10.6 Å². The van der Waals surface area contributed by atoms with Crippen molar-refractivity contribution < 1.29 is 17.9 Å². The van der Waals surface area contributed by atoms with E-state index in [0.717, 1.165) is 6.07 Å². The molecule has 0 aliphatic carbocycles. The normalized spacial score (nSPS) is 12.0. The minimum absolute atomic E-state index is 0.103. The number of rotatable bonds is 6. The van der Waals surface area contributed by atoms with Gasteiger partial charge in [-0.2, -0.15) is 13.2 Å². The van der Waals surface area contributed by atoms with Crippen LogP contribution in [0.5, 0.6) is 0 Å². The van der Waals surface area contributed by atoms with Crippen LogP contribution in [0.2, 0.25) is 0 Å². The summed E-state index contributed by atoms with van der Waals surface area (Å²) < 4.78 is 43.7. The maximum atomic E-state index is 12.8. The van der Waals surface area contributed by atoms with Gasteiger partial charge >= 0.3 is 6.18 Å². The second-order valence-electron chi connectivity index (χ2n) is 4.88. The first kappa shape index (κ1) is 16.8. The van der Waals surface area contributed by atoms with Crippen LogP contribution >= 0.6 is 0 Å². The number of anilines is 1. The molecule has 114 valence electrons. The maximum absolute atomic E-state index is 12.8. The number of benzene rings is 1. The van der Waals surface area contributed by atoms with Crippen molar-refractivity contribution >= 4 is 5.69 Å². The molecule has 0 unspecified atom stereocenters. The Morgan fingerprint density at radius 2 is 1.95 bits per heavy atom. The third kappa shape index (κ3) is 4.68. The zero-order valence-corrected chi connectivity index (χ0v) is 12.0. The zero-order chi connectivity index (χ0) is 15.3. The van der Waals surface area contributed by atoms with Crippen LogP contribution in [0.4, 0.5) is 18.9 Å². The minimum Gasteiger partial charge on any atom is -0.377 e. The summed E-state index contributed by atoms with van der Waals surface area (Å²) in [7, 11) is 1.81. The molecule has 3 nitrogen and oxygen atoms in total. The van der Waals surface area contributed by atoms with Crippen LogP contribution in [-0.4, -0.2) is 26.3 Å². The zero-order valence-electron chi connectivity index (χ0n) is 12.0. The van der Waals surface area contributed by atoms with E-state index in [1.54, 1.807) is 0 Å². The molecule has 0 aliphatic rings. The molecule has 1 aromatic rings. The van der Waals surface area contributed by atoms with Gasteiger partial charge < -0.3 is 15.4 Å². The van der Waals surface area contributed by atoms with Crippen molar-refractivity contribution in [2.45, 2.75) is 32.7 Å². The first-order valence-corrected chi connectivity index (χ1v) is 6.48. The first-order chi connectivity index (χ1) is 9.25. The van der Waals surface area contributed by atoms with E-state index in [1.165, 1.54) is 12.1 Å². The van der Waals surface area contributed by atoms with Crippen molar-refractivity contribution in [3.8, 4) is 0 Å². The summed E-state index contributed by atoms with van der Waals surface area (Å²) in [6, 6.07) is 4.02. The molecule has 6 heteroatoms. The van der Waals surface area contributed by atoms with Crippen LogP contribution in [0, 0.1) is 0 Å². The molecule has 0 saturated carbocycles. The Morgan fingerprint density at radius 3 is 2.45 bits per heavy atom. The number of ether oxygens (including phenoxy) is 1. The topological polar surface area (TPSA) is 38.5 Å². The van der Waals surface area contributed by atoms with Gasteiger partial charge in [0.25, 0.3) is 0 Å². The van der Waals surface area contributed by atoms with Crippen molar-refractivity contribution in [2.24, 2.45) is 5.73 Å². The Hall–Kier alpha value is -1.27. The number of nitrogens with zero attached hydrogens (tertiary/aromatic N) is 1. The molecule has 0 bridgehead atoms. The standard InChI is InChI=1S/C14H21F3N2O/c1-10(2)20-7-6-19(3)12-4-5-13(14(15,16)17)11(8-12)9-18/h4-5,8,10H,6-7,9,18H2,1-3H3. The van der Waals surface area contributed by atoms with Gasteiger partial charge in [0, 0.05) is 25.8 Å². The third-order valence-corrected chi connectivity index (χ3v) is 2.93. The SMILES string of the molecule is CC(C)OCCN(C)c1ccc(C(F)(F)F)c(CN)c1. The molecule has 0 heterocycles. The van der Waals surface area contributed by atoms with E-state index in [0.29, 0.717) is 18.8 Å². The first-order valence-electron chi connectivity index (χ1n) is 6.48. The quantitative estimate of drug-likeness (QED) is 0.875. The van der Waals surface area contributed by atoms with Crippen LogP contribution in [-0.2, 0) is 17.5 Å². The van der Waals surface area contributed by atoms with E-state index >= 15 is 0 Å². The van der Waals surface area contributed by atoms with Gasteiger partial charge in [0.1, 0.15) is 0 Å². The van der Waals surface area contributed by atoms with Crippen LogP contribution in [0.3, 0.4) is 0 Å². The summed E-state index contributed by atoms with van der Waals surface area (Å²) in [4.78, 5) is 1.85. The average molecular weight is 290 g/mol. The Balaban J connectivity index is 2.82. The molecule has 1 aromatic carbocycles. The monoisotopic (exact) mass is 290 g/mol. The van der Waals surface area contributed by atoms with Gasteiger partial charge in [-0.3, -0.25) is 0 Å². The number of likely N-dealkylation sites (N-methyl/N-ethyl adjacent to an activating group) is 1. The van der Waals surface area contributed by atoms with Crippen LogP contribution in [0.25, 0.3) is 0 Å². The van der Waals surface area contributed by atoms with E-state index in [9.17, 15) is 13.2 Å². The molecule has 0 radical (unpaired) electrons. The van der Waals surface area contributed by atoms with Gasteiger partial charge in [0.05, 0.1) is 18.3 Å². The number of halogens is 3. The van der Waals surface area contributed by atoms with Crippen LogP contribution in [0.15, 0.2) is 18.2 Å². The van der Waals surface area contributed by atoms with Crippen molar-refractivity contribution in [3.63, 3.8) is 0 Å². The molecule has 0 aromatic heterocycles. The molecule has 0 fully saturated rings. The fraction of sp³-hybridized carbons (Fsp3) is 0.571. The van der Waals surface area contributed by atoms with Gasteiger partial charge in [0.15, 0.2) is 0 Å². The summed E-state index contributed by atoms with van der Waals surface area (Å²) >= 11 is 0. The van der Waals surface area contributed by atoms with E-state index in [-0.39, 0.29) is 18.2 Å². The summed E-state index contributed by atoms with van der Waals surface area (Å²) in [6.07, 6.45) is -4.23. The minimum atomic E-state index is -4.37. The lowest BCUT2D eigenvalue weighted by atomic mass is 10.1. The number of hydrogen-bond acceptors (Lipinski definition) is 3. The van der Waals surface area contributed by atoms with Gasteiger partial charge in [0.2, 0.25) is 0 Å². The lowest BCUT2D eigenvalue weighted by molar-refractivity contribution is -0.138. The van der Waals surface area contributed by atoms with Crippen molar-refractivity contribution in [2.75, 3.05) is 25.1 Å². The average Bonchev–Trinajstić information content (AvgIpc) is 2.36. The Kier molecular flexibility index (Phi) is 5.83. The fourth-order valence-electron chi connectivity index (χ4n) is 1.82. The second-order valence-corrected chi connectivity index (χ2v) is 4.88. The number of nitrogens with two attached hydrogens (primary N) is 1. The highest BCUT2D eigenvalue weighted by Crippen LogP contribution is 2.33. The molecule has 0 atom stereocenters. The predicted molar refractivity (Wildman–Crippen MR) is 73.7 cm³/mol. The Morgan fingerprint density at radius 1 is 1.30 bits per heavy atom. The lowest BCUT2D eigenvalue weighted by Crippen LogP contribution is -2.24. The summed E-state index contributed by atoms with van der Waals surface area (Å²) in [5.41, 5.74) is 5.55. The Labute approximate surface area is 117 Å². The molecule has 0 saturated heterocycles. The van der Waals surface area contributed by atoms with Gasteiger partial charge in [-0.05, 0) is 37.6 Å². The highest BCUT2D eigenvalue weighted by atomic mass is 19.4. The highest BCUT2D eigenvalue weighted by molar-refractivity contribution is 5.51. The summed E-state index contributed by atoms with van der Waals surface area (Å²) in [6.45, 7) is 4.86. The molecule has 0 amide bonds. The molecule has 1 rings (SSSR count). The molecule has 0 aliphatic heterocycles. The van der Waals surface area contributed by atoms with E-state index < -0.39 is 11.7 Å². The lowest BCUT2D eigenvalue weighted by Gasteiger charge is -2.22. The fourth-order valence-corrected chi connectivity index (χ4v) is 1.82. The number of hydrogen-bond donors (Lipinski definition) is 1. The summed E-state index contributed by atoms with van der Waals surface area (Å²) in [5, 5.41) is 0. The maximum Gasteiger partial charge on any atom is 0.416 e. The molecular formula is C14H21F3N2O. The van der Waals surface area contributed by atoms with Gasteiger partial charge in [-0.15, -0.1) is 0 Å². The summed E-state index contributed by atoms with van der Waals surface area (Å²) in [5.74, 6) is 0. The van der Waals surface area contributed by atoms with Crippen molar-refractivity contribution in [3.05, 3.63) is 29.3 Å². The van der Waals surface area contributed by atoms with E-state index in [2.05, 4.69) is 0 Å². The number of alkyl halides is 3. The van der Waals surface area contributed by atoms with Crippen molar-refractivity contribution in [1.29, 1.82) is 0 Å². The molecule has 20 heavy (non-hydrogen) atoms. The van der Waals surface area contributed by atoms with E-state index in [1.807, 2.05) is 25.8 Å². The van der Waals surface area contributed by atoms with E-state index in [4.69, 9.17) is 10.5 Å². The molecule has 0 spiro atoms. The highest BCUT2D eigenvalue weighted by Gasteiger charge is 2.33. The van der Waals surface area contributed by atoms with Crippen LogP contribution in [0.1, 0.15) is 25.0 Å². The second kappa shape index (κ2) is 6.95. The molecular weight excluding hydrogens is 269 g/mol. The predicted octanol–water partition coefficient (Wildman–Crippen LogP) is 3.03. The largest absolute Gasteiger partial charge is 0.416 e. The Bertz CT molecular complexity index is 433. The smallest absolute Gasteiger partial charge is 0.377 e. The third-order valence-electron chi connectivity index (χ3n) is 2.93. The van der Waals surface area contributed by atoms with Gasteiger partial charge in [-0.1, -0.05) is 0 Å².